The minimum atomic E-state index is -0.914. The number of carbonyl (C=O) groups is 1. The molecule has 0 aliphatic heterocycles. The van der Waals surface area contributed by atoms with Gasteiger partial charge in [-0.2, -0.15) is 0 Å². The molecule has 2 heterocycles. The first-order valence-corrected chi connectivity index (χ1v) is 13.1. The van der Waals surface area contributed by atoms with Crippen LogP contribution in [0, 0.1) is 23.3 Å². The Bertz CT molecular complexity index is 1740. The van der Waals surface area contributed by atoms with E-state index in [1.807, 2.05) is 0 Å². The molecule has 0 spiro atoms. The summed E-state index contributed by atoms with van der Waals surface area (Å²) in [5, 5.41) is 0.156. The Morgan fingerprint density at radius 1 is 1.05 bits per heavy atom. The van der Waals surface area contributed by atoms with Crippen LogP contribution in [0.2, 0.25) is 0 Å². The lowest BCUT2D eigenvalue weighted by atomic mass is 9.94. The minimum Gasteiger partial charge on any atom is -0.466 e. The van der Waals surface area contributed by atoms with Crippen LogP contribution < -0.4 is 4.74 Å². The van der Waals surface area contributed by atoms with E-state index in [2.05, 4.69) is 9.97 Å². The molecular weight excluding hydrogens is 538 g/mol. The maximum atomic E-state index is 15.4. The number of halogens is 4. The predicted octanol–water partition coefficient (Wildman–Crippen LogP) is 7.56. The lowest BCUT2D eigenvalue weighted by Gasteiger charge is -2.13. The second kappa shape index (κ2) is 11.5. The first kappa shape index (κ1) is 27.9. The smallest absolute Gasteiger partial charge is 0.306 e. The van der Waals surface area contributed by atoms with Crippen molar-refractivity contribution in [3.05, 3.63) is 101 Å². The number of nitrogens with zero attached hydrogens (tertiary/aromatic N) is 2. The number of esters is 1. The monoisotopic (exact) mass is 565 g/mol. The van der Waals surface area contributed by atoms with Crippen molar-refractivity contribution in [3.8, 4) is 22.9 Å². The number of aromatic nitrogens is 3. The molecule has 1 N–H and O–H groups in total. The van der Waals surface area contributed by atoms with Crippen molar-refractivity contribution in [2.75, 3.05) is 6.61 Å². The Balaban J connectivity index is 1.43. The van der Waals surface area contributed by atoms with Gasteiger partial charge < -0.3 is 19.0 Å². The van der Waals surface area contributed by atoms with E-state index < -0.39 is 40.9 Å². The molecule has 10 heteroatoms. The maximum absolute atomic E-state index is 15.4. The van der Waals surface area contributed by atoms with Gasteiger partial charge in [-0.05, 0) is 48.7 Å². The number of hydrogen-bond acceptors (Lipinski definition) is 4. The van der Waals surface area contributed by atoms with Crippen molar-refractivity contribution >= 4 is 16.9 Å². The third kappa shape index (κ3) is 5.54. The molecule has 0 aliphatic rings. The van der Waals surface area contributed by atoms with Gasteiger partial charge in [0, 0.05) is 43.2 Å². The molecule has 3 aromatic carbocycles. The van der Waals surface area contributed by atoms with Crippen molar-refractivity contribution in [1.29, 1.82) is 0 Å². The lowest BCUT2D eigenvalue weighted by molar-refractivity contribution is -0.143. The van der Waals surface area contributed by atoms with Crippen LogP contribution in [0.5, 0.6) is 11.5 Å². The zero-order valence-electron chi connectivity index (χ0n) is 22.6. The average molecular weight is 566 g/mol. The van der Waals surface area contributed by atoms with E-state index >= 15 is 4.39 Å². The summed E-state index contributed by atoms with van der Waals surface area (Å²) in [5.74, 6) is -4.15. The first-order chi connectivity index (χ1) is 19.7. The van der Waals surface area contributed by atoms with Crippen molar-refractivity contribution in [1.82, 2.24) is 14.5 Å². The third-order valence-corrected chi connectivity index (χ3v) is 6.92. The summed E-state index contributed by atoms with van der Waals surface area (Å²) in [6, 6.07) is 11.3. The van der Waals surface area contributed by atoms with Gasteiger partial charge in [-0.25, -0.2) is 22.5 Å². The van der Waals surface area contributed by atoms with E-state index in [9.17, 15) is 18.0 Å². The van der Waals surface area contributed by atoms with E-state index in [1.165, 1.54) is 24.4 Å². The molecule has 0 saturated heterocycles. The first-order valence-electron chi connectivity index (χ1n) is 13.1. The number of imidazole rings is 1. The zero-order valence-corrected chi connectivity index (χ0v) is 22.6. The van der Waals surface area contributed by atoms with Crippen LogP contribution in [0.1, 0.15) is 43.0 Å². The minimum absolute atomic E-state index is 0.00651. The predicted molar refractivity (Wildman–Crippen MR) is 146 cm³/mol. The third-order valence-electron chi connectivity index (χ3n) is 6.92. The fraction of sp³-hybridized carbons (Fsp3) is 0.226. The van der Waals surface area contributed by atoms with Crippen LogP contribution in [-0.4, -0.2) is 27.1 Å². The molecule has 0 unspecified atom stereocenters. The second-order valence-electron chi connectivity index (χ2n) is 9.63. The van der Waals surface area contributed by atoms with Gasteiger partial charge in [0.2, 0.25) is 0 Å². The van der Waals surface area contributed by atoms with Crippen LogP contribution in [0.25, 0.3) is 22.3 Å². The Labute approximate surface area is 233 Å². The van der Waals surface area contributed by atoms with E-state index in [-0.39, 0.29) is 47.5 Å². The van der Waals surface area contributed by atoms with Crippen LogP contribution in [-0.2, 0) is 23.0 Å². The fourth-order valence-corrected chi connectivity index (χ4v) is 4.77. The quantitative estimate of drug-likeness (QED) is 0.148. The molecule has 0 amide bonds. The number of benzene rings is 3. The number of fused-ring (bicyclic) bond motifs is 1. The Morgan fingerprint density at radius 3 is 2.63 bits per heavy atom. The molecule has 5 aromatic rings. The molecule has 6 nitrogen and oxygen atoms in total. The highest BCUT2D eigenvalue weighted by Crippen LogP contribution is 2.36. The van der Waals surface area contributed by atoms with E-state index in [4.69, 9.17) is 9.47 Å². The van der Waals surface area contributed by atoms with Crippen molar-refractivity contribution in [2.45, 2.75) is 32.6 Å². The topological polar surface area (TPSA) is 69.1 Å². The average Bonchev–Trinajstić information content (AvgIpc) is 3.57. The van der Waals surface area contributed by atoms with Crippen LogP contribution in [0.4, 0.5) is 17.6 Å². The highest BCUT2D eigenvalue weighted by atomic mass is 19.1. The molecule has 41 heavy (non-hydrogen) atoms. The second-order valence-corrected chi connectivity index (χ2v) is 9.63. The van der Waals surface area contributed by atoms with E-state index in [0.29, 0.717) is 16.8 Å². The van der Waals surface area contributed by atoms with Crippen molar-refractivity contribution < 1.29 is 31.8 Å². The summed E-state index contributed by atoms with van der Waals surface area (Å²) in [5.41, 5.74) is 1.55. The van der Waals surface area contributed by atoms with Gasteiger partial charge in [0.15, 0.2) is 17.4 Å². The summed E-state index contributed by atoms with van der Waals surface area (Å²) >= 11 is 0. The van der Waals surface area contributed by atoms with Gasteiger partial charge >= 0.3 is 5.97 Å². The highest BCUT2D eigenvalue weighted by Gasteiger charge is 2.22. The van der Waals surface area contributed by atoms with Gasteiger partial charge in [-0.3, -0.25) is 4.79 Å². The number of aromatic amines is 1. The van der Waals surface area contributed by atoms with Gasteiger partial charge in [-0.15, -0.1) is 0 Å². The molecule has 2 aromatic heterocycles. The van der Waals surface area contributed by atoms with Crippen molar-refractivity contribution in [3.63, 3.8) is 0 Å². The van der Waals surface area contributed by atoms with Crippen LogP contribution in [0.15, 0.2) is 60.9 Å². The van der Waals surface area contributed by atoms with E-state index in [0.717, 1.165) is 12.1 Å². The Hall–Kier alpha value is -4.60. The molecule has 0 saturated carbocycles. The normalized spacial score (nSPS) is 12.1. The number of rotatable bonds is 9. The summed E-state index contributed by atoms with van der Waals surface area (Å²) in [6.45, 7) is 3.74. The molecule has 0 bridgehead atoms. The molecule has 212 valence electrons. The SMILES string of the molecule is CCOC(=O)CCc1cccc([C@@H](C)c2cn(C)c(-c3cc(Oc4c(F)cc5[nH]ccc5c4F)ccc3F)n2)c1F. The summed E-state index contributed by atoms with van der Waals surface area (Å²) in [4.78, 5) is 19.1. The molecule has 5 rings (SSSR count). The van der Waals surface area contributed by atoms with Gasteiger partial charge in [0.05, 0.1) is 23.4 Å². The number of carbonyl (C=O) groups excluding carboxylic acids is 1. The maximum Gasteiger partial charge on any atom is 0.306 e. The van der Waals surface area contributed by atoms with Gasteiger partial charge in [0.25, 0.3) is 0 Å². The van der Waals surface area contributed by atoms with E-state index in [1.54, 1.807) is 49.9 Å². The van der Waals surface area contributed by atoms with Gasteiger partial charge in [0.1, 0.15) is 23.2 Å². The zero-order chi connectivity index (χ0) is 29.3. The summed E-state index contributed by atoms with van der Waals surface area (Å²) in [6.07, 6.45) is 3.39. The van der Waals surface area contributed by atoms with Crippen molar-refractivity contribution in [2.24, 2.45) is 7.05 Å². The molecule has 1 atom stereocenters. The van der Waals surface area contributed by atoms with Crippen LogP contribution in [0.3, 0.4) is 0 Å². The standard InChI is InChI=1S/C31H27F4N3O3/c1-4-40-27(39)11-8-18-6-5-7-20(28(18)34)17(2)26-16-38(3)31(37-26)22-14-19(9-10-23(22)32)41-30-24(33)15-25-21(29(30)35)12-13-36-25/h5-7,9-10,12-17,36H,4,8,11H2,1-3H3/t17-/m1/s1. The Morgan fingerprint density at radius 2 is 1.85 bits per heavy atom. The summed E-state index contributed by atoms with van der Waals surface area (Å²) in [7, 11) is 1.66. The number of ether oxygens (including phenoxy) is 2. The largest absolute Gasteiger partial charge is 0.466 e. The highest BCUT2D eigenvalue weighted by molar-refractivity contribution is 5.82. The van der Waals surface area contributed by atoms with Gasteiger partial charge in [-0.1, -0.05) is 25.1 Å². The fourth-order valence-electron chi connectivity index (χ4n) is 4.77. The van der Waals surface area contributed by atoms with Crippen LogP contribution >= 0.6 is 0 Å². The molecule has 0 radical (unpaired) electrons. The molecule has 0 aliphatic carbocycles. The number of H-pyrrole nitrogens is 1. The molecule has 0 fully saturated rings. The number of nitrogens with one attached hydrogen (secondary N) is 1. The lowest BCUT2D eigenvalue weighted by Crippen LogP contribution is -2.08. The Kier molecular flexibility index (Phi) is 7.83. The molecular formula is C31H27F4N3O3. The number of hydrogen-bond donors (Lipinski definition) is 1. The summed E-state index contributed by atoms with van der Waals surface area (Å²) < 4.78 is 72.0. The number of aryl methyl sites for hydroxylation is 2.